The van der Waals surface area contributed by atoms with Crippen molar-refractivity contribution in [1.82, 2.24) is 25.5 Å². The van der Waals surface area contributed by atoms with E-state index in [1.165, 1.54) is 11.8 Å². The Morgan fingerprint density at radius 2 is 1.88 bits per heavy atom. The van der Waals surface area contributed by atoms with E-state index in [2.05, 4.69) is 20.8 Å². The van der Waals surface area contributed by atoms with Crippen LogP contribution in [0.1, 0.15) is 17.5 Å². The predicted molar refractivity (Wildman–Crippen MR) is 102 cm³/mol. The molecule has 0 saturated heterocycles. The van der Waals surface area contributed by atoms with Crippen molar-refractivity contribution in [2.75, 3.05) is 5.75 Å². The van der Waals surface area contributed by atoms with Crippen LogP contribution in [0, 0.1) is 0 Å². The summed E-state index contributed by atoms with van der Waals surface area (Å²) in [5.41, 5.74) is 2.03. The maximum absolute atomic E-state index is 12.0. The first-order valence-electron chi connectivity index (χ1n) is 8.15. The van der Waals surface area contributed by atoms with E-state index in [9.17, 15) is 4.79 Å². The van der Waals surface area contributed by atoms with Crippen molar-refractivity contribution in [3.8, 4) is 0 Å². The highest BCUT2D eigenvalue weighted by molar-refractivity contribution is 7.99. The number of nitrogens with one attached hydrogen (secondary N) is 1. The molecule has 26 heavy (non-hydrogen) atoms. The molecule has 134 valence electrons. The average molecular weight is 388 g/mol. The minimum absolute atomic E-state index is 0.0282. The van der Waals surface area contributed by atoms with Crippen molar-refractivity contribution in [3.05, 3.63) is 70.7 Å². The Balaban J connectivity index is 1.44. The fraction of sp³-hybridized carbons (Fsp3) is 0.222. The lowest BCUT2D eigenvalue weighted by molar-refractivity contribution is -0.120. The van der Waals surface area contributed by atoms with Crippen LogP contribution in [0.2, 0.25) is 5.02 Å². The Kier molecular flexibility index (Phi) is 6.62. The van der Waals surface area contributed by atoms with Crippen LogP contribution in [0.15, 0.2) is 59.8 Å². The number of hydrogen-bond acceptors (Lipinski definition) is 5. The summed E-state index contributed by atoms with van der Waals surface area (Å²) in [5, 5.41) is 16.0. The van der Waals surface area contributed by atoms with Crippen LogP contribution in [0.5, 0.6) is 0 Å². The number of carbonyl (C=O) groups is 1. The monoisotopic (exact) mass is 387 g/mol. The number of carbonyl (C=O) groups excluding carboxylic acids is 1. The molecule has 0 atom stereocenters. The van der Waals surface area contributed by atoms with Gasteiger partial charge in [-0.3, -0.25) is 4.79 Å². The lowest BCUT2D eigenvalue weighted by Crippen LogP contribution is -2.23. The number of hydrogen-bond donors (Lipinski definition) is 1. The highest BCUT2D eigenvalue weighted by Gasteiger charge is 2.09. The van der Waals surface area contributed by atoms with Crippen molar-refractivity contribution in [1.29, 1.82) is 0 Å². The van der Waals surface area contributed by atoms with E-state index in [4.69, 9.17) is 11.6 Å². The third-order valence-electron chi connectivity index (χ3n) is 3.67. The fourth-order valence-corrected chi connectivity index (χ4v) is 3.33. The Morgan fingerprint density at radius 1 is 1.12 bits per heavy atom. The Labute approximate surface area is 160 Å². The van der Waals surface area contributed by atoms with Gasteiger partial charge in [0.15, 0.2) is 0 Å². The van der Waals surface area contributed by atoms with Gasteiger partial charge >= 0.3 is 0 Å². The van der Waals surface area contributed by atoms with Gasteiger partial charge in [0, 0.05) is 23.7 Å². The highest BCUT2D eigenvalue weighted by Crippen LogP contribution is 2.17. The summed E-state index contributed by atoms with van der Waals surface area (Å²) >= 11 is 7.55. The van der Waals surface area contributed by atoms with Gasteiger partial charge in [-0.15, -0.1) is 5.10 Å². The van der Waals surface area contributed by atoms with Crippen molar-refractivity contribution in [3.63, 3.8) is 0 Å². The molecule has 3 rings (SSSR count). The predicted octanol–water partition coefficient (Wildman–Crippen LogP) is 3.17. The van der Waals surface area contributed by atoms with Crippen LogP contribution < -0.4 is 5.32 Å². The zero-order chi connectivity index (χ0) is 18.2. The number of thioether (sulfide) groups is 1. The number of rotatable bonds is 8. The van der Waals surface area contributed by atoms with Crippen molar-refractivity contribution >= 4 is 29.3 Å². The molecule has 1 aromatic heterocycles. The van der Waals surface area contributed by atoms with Crippen molar-refractivity contribution in [2.45, 2.75) is 24.7 Å². The number of halogens is 1. The second-order valence-electron chi connectivity index (χ2n) is 5.57. The van der Waals surface area contributed by atoms with E-state index in [0.717, 1.165) is 11.1 Å². The molecule has 3 aromatic rings. The molecule has 2 aromatic carbocycles. The van der Waals surface area contributed by atoms with E-state index in [-0.39, 0.29) is 5.91 Å². The number of benzene rings is 2. The number of nitrogens with zero attached hydrogens (tertiary/aromatic N) is 4. The number of tetrazole rings is 1. The molecule has 0 aliphatic rings. The lowest BCUT2D eigenvalue weighted by Gasteiger charge is -2.07. The van der Waals surface area contributed by atoms with Crippen LogP contribution in [0.4, 0.5) is 0 Å². The molecule has 1 heterocycles. The maximum atomic E-state index is 12.0. The lowest BCUT2D eigenvalue weighted by atomic mass is 10.2. The quantitative estimate of drug-likeness (QED) is 0.601. The van der Waals surface area contributed by atoms with Gasteiger partial charge in [-0.25, -0.2) is 4.68 Å². The van der Waals surface area contributed by atoms with Crippen LogP contribution in [-0.2, 0) is 17.9 Å². The molecule has 0 saturated carbocycles. The molecule has 0 aliphatic heterocycles. The summed E-state index contributed by atoms with van der Waals surface area (Å²) in [5.74, 6) is 0.572. The van der Waals surface area contributed by atoms with Crippen LogP contribution >= 0.6 is 23.4 Å². The van der Waals surface area contributed by atoms with E-state index >= 15 is 0 Å². The minimum atomic E-state index is -0.0282. The largest absolute Gasteiger partial charge is 0.352 e. The molecular formula is C18H18ClN5OS. The minimum Gasteiger partial charge on any atom is -0.352 e. The Hall–Kier alpha value is -2.38. The molecule has 1 amide bonds. The third kappa shape index (κ3) is 5.31. The summed E-state index contributed by atoms with van der Waals surface area (Å²) in [7, 11) is 0. The number of aromatic nitrogens is 4. The average Bonchev–Trinajstić information content (AvgIpc) is 3.09. The smallest absolute Gasteiger partial charge is 0.221 e. The third-order valence-corrected chi connectivity index (χ3v) is 5.00. The SMILES string of the molecule is O=C(CCSc1nnnn1Cc1ccccc1)NCc1ccccc1Cl. The van der Waals surface area contributed by atoms with Crippen molar-refractivity contribution in [2.24, 2.45) is 0 Å². The fourth-order valence-electron chi connectivity index (χ4n) is 2.31. The summed E-state index contributed by atoms with van der Waals surface area (Å²) in [4.78, 5) is 12.0. The molecule has 0 unspecified atom stereocenters. The molecule has 0 spiro atoms. The molecule has 8 heteroatoms. The standard InChI is InChI=1S/C18H18ClN5OS/c19-16-9-5-4-8-15(16)12-20-17(25)10-11-26-18-21-22-23-24(18)13-14-6-2-1-3-7-14/h1-9H,10-13H2,(H,20,25). The van der Waals surface area contributed by atoms with E-state index in [1.807, 2.05) is 54.6 Å². The van der Waals surface area contributed by atoms with Gasteiger partial charge in [0.1, 0.15) is 0 Å². The van der Waals surface area contributed by atoms with Gasteiger partial charge in [0.25, 0.3) is 0 Å². The maximum Gasteiger partial charge on any atom is 0.221 e. The molecular weight excluding hydrogens is 370 g/mol. The Morgan fingerprint density at radius 3 is 2.69 bits per heavy atom. The highest BCUT2D eigenvalue weighted by atomic mass is 35.5. The van der Waals surface area contributed by atoms with Gasteiger partial charge in [-0.2, -0.15) is 0 Å². The topological polar surface area (TPSA) is 72.7 Å². The molecule has 0 aliphatic carbocycles. The summed E-state index contributed by atoms with van der Waals surface area (Å²) in [6.07, 6.45) is 0.382. The van der Waals surface area contributed by atoms with Crippen LogP contribution in [-0.4, -0.2) is 31.9 Å². The van der Waals surface area contributed by atoms with Gasteiger partial charge in [-0.1, -0.05) is 71.9 Å². The zero-order valence-electron chi connectivity index (χ0n) is 14.0. The van der Waals surface area contributed by atoms with Crippen molar-refractivity contribution < 1.29 is 4.79 Å². The van der Waals surface area contributed by atoms with E-state index in [0.29, 0.717) is 35.4 Å². The van der Waals surface area contributed by atoms with Gasteiger partial charge < -0.3 is 5.32 Å². The van der Waals surface area contributed by atoms with Gasteiger partial charge in [-0.05, 0) is 27.6 Å². The molecule has 0 fully saturated rings. The summed E-state index contributed by atoms with van der Waals surface area (Å²) in [6.45, 7) is 1.03. The van der Waals surface area contributed by atoms with E-state index < -0.39 is 0 Å². The second-order valence-corrected chi connectivity index (χ2v) is 7.04. The molecule has 0 radical (unpaired) electrons. The Bertz CT molecular complexity index is 856. The zero-order valence-corrected chi connectivity index (χ0v) is 15.6. The van der Waals surface area contributed by atoms with Gasteiger partial charge in [0.05, 0.1) is 6.54 Å². The summed E-state index contributed by atoms with van der Waals surface area (Å²) < 4.78 is 1.74. The molecule has 0 bridgehead atoms. The first-order chi connectivity index (χ1) is 12.7. The van der Waals surface area contributed by atoms with Crippen LogP contribution in [0.25, 0.3) is 0 Å². The second kappa shape index (κ2) is 9.35. The van der Waals surface area contributed by atoms with Crippen LogP contribution in [0.3, 0.4) is 0 Å². The van der Waals surface area contributed by atoms with Gasteiger partial charge in [0.2, 0.25) is 11.1 Å². The first kappa shape index (κ1) is 18.4. The summed E-state index contributed by atoms with van der Waals surface area (Å²) in [6, 6.07) is 17.5. The number of amides is 1. The molecule has 1 N–H and O–H groups in total. The normalized spacial score (nSPS) is 10.7. The molecule has 6 nitrogen and oxygen atoms in total. The first-order valence-corrected chi connectivity index (χ1v) is 9.52. The van der Waals surface area contributed by atoms with E-state index in [1.54, 1.807) is 4.68 Å².